The largest absolute Gasteiger partial charge is 0.256 e. The molecule has 0 spiro atoms. The normalized spacial score (nSPS) is 11.6. The second kappa shape index (κ2) is 31.6. The molecule has 0 saturated carbocycles. The lowest BCUT2D eigenvalue weighted by Gasteiger charge is -2.07. The summed E-state index contributed by atoms with van der Waals surface area (Å²) in [7, 11) is 0. The number of imidazole rings is 1. The zero-order valence-electron chi connectivity index (χ0n) is 29.6. The third-order valence-corrected chi connectivity index (χ3v) is 9.60. The molecular weight excluding hydrogens is 508 g/mol. The second-order valence-corrected chi connectivity index (χ2v) is 13.8. The highest BCUT2D eigenvalue weighted by atomic mass is 15.1. The van der Waals surface area contributed by atoms with Crippen molar-refractivity contribution in [1.29, 1.82) is 0 Å². The van der Waals surface area contributed by atoms with E-state index >= 15 is 0 Å². The van der Waals surface area contributed by atoms with E-state index in [0.29, 0.717) is 0 Å². The van der Waals surface area contributed by atoms with E-state index in [2.05, 4.69) is 42.3 Å². The lowest BCUT2D eigenvalue weighted by Crippen LogP contribution is -2.37. The van der Waals surface area contributed by atoms with Crippen LogP contribution in [0.4, 0.5) is 0 Å². The first-order valence-corrected chi connectivity index (χ1v) is 19.9. The molecule has 0 fully saturated rings. The fraction of sp³-hybridized carbons (Fsp3) is 0.925. The van der Waals surface area contributed by atoms with E-state index in [4.69, 9.17) is 0 Å². The van der Waals surface area contributed by atoms with Crippen LogP contribution in [0.1, 0.15) is 226 Å². The molecule has 0 aliphatic heterocycles. The van der Waals surface area contributed by atoms with Crippen LogP contribution in [0.25, 0.3) is 0 Å². The van der Waals surface area contributed by atoms with Gasteiger partial charge in [0.1, 0.15) is 12.4 Å². The fourth-order valence-corrected chi connectivity index (χ4v) is 6.68. The van der Waals surface area contributed by atoms with Crippen molar-refractivity contribution in [1.82, 2.24) is 4.57 Å². The SMILES string of the molecule is CCCCCCCCCCCCCCCCCC[n+]1ccn(CCCCCCCC)c1CCCCCCCCCCC. The predicted octanol–water partition coefficient (Wildman–Crippen LogP) is 13.5. The Morgan fingerprint density at radius 1 is 0.405 bits per heavy atom. The van der Waals surface area contributed by atoms with Gasteiger partial charge in [0.15, 0.2) is 0 Å². The summed E-state index contributed by atoms with van der Waals surface area (Å²) in [5, 5.41) is 0. The van der Waals surface area contributed by atoms with Gasteiger partial charge in [0, 0.05) is 6.42 Å². The maximum absolute atomic E-state index is 2.63. The Kier molecular flexibility index (Phi) is 29.5. The minimum Gasteiger partial charge on any atom is -0.234 e. The van der Waals surface area contributed by atoms with Gasteiger partial charge >= 0.3 is 0 Å². The summed E-state index contributed by atoms with van der Waals surface area (Å²) >= 11 is 0. The van der Waals surface area contributed by atoms with Crippen molar-refractivity contribution >= 4 is 0 Å². The zero-order chi connectivity index (χ0) is 30.2. The van der Waals surface area contributed by atoms with Gasteiger partial charge in [-0.2, -0.15) is 0 Å². The van der Waals surface area contributed by atoms with Gasteiger partial charge in [-0.25, -0.2) is 9.13 Å². The lowest BCUT2D eigenvalue weighted by atomic mass is 10.0. The topological polar surface area (TPSA) is 8.81 Å². The van der Waals surface area contributed by atoms with Crippen molar-refractivity contribution in [3.63, 3.8) is 0 Å². The molecule has 2 nitrogen and oxygen atoms in total. The predicted molar refractivity (Wildman–Crippen MR) is 188 cm³/mol. The molecular formula is C40H79N2+. The van der Waals surface area contributed by atoms with Crippen molar-refractivity contribution in [2.45, 2.75) is 239 Å². The molecule has 2 heteroatoms. The first-order valence-electron chi connectivity index (χ1n) is 19.9. The van der Waals surface area contributed by atoms with E-state index < -0.39 is 0 Å². The Hall–Kier alpha value is -0.790. The molecule has 0 amide bonds. The van der Waals surface area contributed by atoms with Gasteiger partial charge in [0.2, 0.25) is 0 Å². The quantitative estimate of drug-likeness (QED) is 0.0560. The molecule has 0 N–H and O–H groups in total. The Bertz CT molecular complexity index is 648. The number of hydrogen-bond acceptors (Lipinski definition) is 0. The van der Waals surface area contributed by atoms with Crippen molar-refractivity contribution in [2.75, 3.05) is 0 Å². The number of nitrogens with zero attached hydrogens (tertiary/aromatic N) is 2. The van der Waals surface area contributed by atoms with E-state index in [0.717, 1.165) is 0 Å². The third-order valence-electron chi connectivity index (χ3n) is 9.60. The summed E-state index contributed by atoms with van der Waals surface area (Å²) < 4.78 is 5.25. The molecule has 0 atom stereocenters. The average Bonchev–Trinajstić information content (AvgIpc) is 3.38. The van der Waals surface area contributed by atoms with Crippen LogP contribution in [-0.2, 0) is 19.5 Å². The van der Waals surface area contributed by atoms with Crippen LogP contribution in [-0.4, -0.2) is 4.57 Å². The van der Waals surface area contributed by atoms with E-state index in [9.17, 15) is 0 Å². The van der Waals surface area contributed by atoms with Gasteiger partial charge in [-0.1, -0.05) is 188 Å². The standard InChI is InChI=1S/C40H79N2/c1-4-7-10-13-16-18-19-20-21-22-23-24-26-28-31-34-37-42-39-38-41(36-33-30-15-12-9-6-3)40(42)35-32-29-27-25-17-14-11-8-5-2/h38-39H,4-37H2,1-3H3/q+1. The van der Waals surface area contributed by atoms with E-state index in [1.165, 1.54) is 219 Å². The number of unbranched alkanes of at least 4 members (excludes halogenated alkanes) is 28. The molecule has 0 saturated heterocycles. The maximum Gasteiger partial charge on any atom is 0.256 e. The van der Waals surface area contributed by atoms with Gasteiger partial charge in [-0.3, -0.25) is 0 Å². The second-order valence-electron chi connectivity index (χ2n) is 13.8. The molecule has 0 bridgehead atoms. The zero-order valence-corrected chi connectivity index (χ0v) is 29.6. The van der Waals surface area contributed by atoms with Crippen LogP contribution >= 0.6 is 0 Å². The Morgan fingerprint density at radius 2 is 0.738 bits per heavy atom. The summed E-state index contributed by atoms with van der Waals surface area (Å²) in [6.07, 6.45) is 50.4. The molecule has 0 aliphatic carbocycles. The van der Waals surface area contributed by atoms with Gasteiger partial charge < -0.3 is 0 Å². The highest BCUT2D eigenvalue weighted by Crippen LogP contribution is 2.15. The maximum atomic E-state index is 2.63. The summed E-state index contributed by atoms with van der Waals surface area (Å²) in [4.78, 5) is 0. The summed E-state index contributed by atoms with van der Waals surface area (Å²) in [6, 6.07) is 0. The average molecular weight is 588 g/mol. The third kappa shape index (κ3) is 23.6. The molecule has 248 valence electrons. The van der Waals surface area contributed by atoms with Crippen LogP contribution < -0.4 is 4.57 Å². The number of aryl methyl sites for hydroxylation is 2. The van der Waals surface area contributed by atoms with Crippen molar-refractivity contribution < 1.29 is 4.57 Å². The molecule has 1 aromatic heterocycles. The lowest BCUT2D eigenvalue weighted by molar-refractivity contribution is -0.704. The van der Waals surface area contributed by atoms with Crippen LogP contribution in [0.5, 0.6) is 0 Å². The first kappa shape index (κ1) is 39.2. The van der Waals surface area contributed by atoms with Gasteiger partial charge in [0.05, 0.1) is 13.1 Å². The molecule has 0 unspecified atom stereocenters. The first-order chi connectivity index (χ1) is 20.8. The monoisotopic (exact) mass is 588 g/mol. The Labute approximate surface area is 266 Å². The Morgan fingerprint density at radius 3 is 1.14 bits per heavy atom. The molecule has 42 heavy (non-hydrogen) atoms. The van der Waals surface area contributed by atoms with Gasteiger partial charge in [0.25, 0.3) is 5.82 Å². The Balaban J connectivity index is 2.20. The fourth-order valence-electron chi connectivity index (χ4n) is 6.68. The van der Waals surface area contributed by atoms with Crippen LogP contribution in [0.2, 0.25) is 0 Å². The van der Waals surface area contributed by atoms with Crippen molar-refractivity contribution in [3.05, 3.63) is 18.2 Å². The molecule has 1 heterocycles. The molecule has 1 rings (SSSR count). The number of hydrogen-bond donors (Lipinski definition) is 0. The van der Waals surface area contributed by atoms with E-state index in [1.54, 1.807) is 5.82 Å². The van der Waals surface area contributed by atoms with Crippen LogP contribution in [0.15, 0.2) is 12.4 Å². The smallest absolute Gasteiger partial charge is 0.234 e. The van der Waals surface area contributed by atoms with E-state index in [-0.39, 0.29) is 0 Å². The van der Waals surface area contributed by atoms with Crippen LogP contribution in [0.3, 0.4) is 0 Å². The highest BCUT2D eigenvalue weighted by molar-refractivity contribution is 4.84. The summed E-state index contributed by atoms with van der Waals surface area (Å²) in [6.45, 7) is 9.40. The highest BCUT2D eigenvalue weighted by Gasteiger charge is 2.16. The van der Waals surface area contributed by atoms with E-state index in [1.807, 2.05) is 0 Å². The van der Waals surface area contributed by atoms with Gasteiger partial charge in [-0.15, -0.1) is 0 Å². The minimum absolute atomic E-state index is 1.23. The number of rotatable bonds is 34. The summed E-state index contributed by atoms with van der Waals surface area (Å²) in [5.41, 5.74) is 0. The molecule has 1 aromatic rings. The molecule has 0 radical (unpaired) electrons. The van der Waals surface area contributed by atoms with Gasteiger partial charge in [-0.05, 0) is 32.1 Å². The van der Waals surface area contributed by atoms with Crippen molar-refractivity contribution in [2.24, 2.45) is 0 Å². The molecule has 0 aromatic carbocycles. The van der Waals surface area contributed by atoms with Crippen LogP contribution in [0, 0.1) is 0 Å². The molecule has 0 aliphatic rings. The summed E-state index contributed by atoms with van der Waals surface area (Å²) in [5.74, 6) is 1.62. The van der Waals surface area contributed by atoms with Crippen molar-refractivity contribution in [3.8, 4) is 0 Å². The minimum atomic E-state index is 1.23. The number of aromatic nitrogens is 2.